The highest BCUT2D eigenvalue weighted by atomic mass is 16.1. The molecule has 2 heterocycles. The lowest BCUT2D eigenvalue weighted by Crippen LogP contribution is -2.08. The van der Waals surface area contributed by atoms with Crippen LogP contribution >= 0.6 is 0 Å². The molecule has 0 saturated carbocycles. The first kappa shape index (κ1) is 12.3. The van der Waals surface area contributed by atoms with Crippen LogP contribution in [0.5, 0.6) is 0 Å². The van der Waals surface area contributed by atoms with E-state index in [1.807, 2.05) is 30.3 Å². The number of benzene rings is 1. The van der Waals surface area contributed by atoms with Crippen molar-refractivity contribution in [3.63, 3.8) is 0 Å². The van der Waals surface area contributed by atoms with Gasteiger partial charge in [-0.05, 0) is 19.1 Å². The molecule has 0 atom stereocenters. The Balaban J connectivity index is 2.12. The number of anilines is 1. The van der Waals surface area contributed by atoms with Crippen LogP contribution in [0.3, 0.4) is 0 Å². The zero-order chi connectivity index (χ0) is 14.3. The number of aromatic nitrogens is 3. The summed E-state index contributed by atoms with van der Waals surface area (Å²) in [7, 11) is 1.72. The normalized spacial score (nSPS) is 10.9. The molecule has 5 nitrogen and oxygen atoms in total. The van der Waals surface area contributed by atoms with Gasteiger partial charge in [-0.1, -0.05) is 24.3 Å². The van der Waals surface area contributed by atoms with E-state index in [4.69, 9.17) is 5.73 Å². The van der Waals surface area contributed by atoms with Gasteiger partial charge in [-0.2, -0.15) is 5.10 Å². The lowest BCUT2D eigenvalue weighted by atomic mass is 10.1. The minimum atomic E-state index is -0.196. The van der Waals surface area contributed by atoms with Gasteiger partial charge < -0.3 is 5.73 Å². The number of ketones is 1. The molecule has 5 heteroatoms. The topological polar surface area (TPSA) is 73.8 Å². The smallest absolute Gasteiger partial charge is 0.216 e. The molecule has 3 rings (SSSR count). The highest BCUT2D eigenvalue weighted by Gasteiger charge is 2.20. The van der Waals surface area contributed by atoms with Crippen LogP contribution in [0.1, 0.15) is 21.7 Å². The molecule has 20 heavy (non-hydrogen) atoms. The van der Waals surface area contributed by atoms with E-state index in [2.05, 4.69) is 10.1 Å². The van der Waals surface area contributed by atoms with E-state index >= 15 is 0 Å². The van der Waals surface area contributed by atoms with Crippen molar-refractivity contribution < 1.29 is 4.79 Å². The van der Waals surface area contributed by atoms with Gasteiger partial charge in [0.1, 0.15) is 11.5 Å². The second-order valence-corrected chi connectivity index (χ2v) is 4.69. The predicted molar refractivity (Wildman–Crippen MR) is 77.5 cm³/mol. The Morgan fingerprint density at radius 3 is 2.65 bits per heavy atom. The number of hydrogen-bond donors (Lipinski definition) is 1. The van der Waals surface area contributed by atoms with Crippen LogP contribution in [-0.4, -0.2) is 20.5 Å². The Hall–Kier alpha value is -2.69. The lowest BCUT2D eigenvalue weighted by Gasteiger charge is -2.03. The molecule has 2 aromatic heterocycles. The minimum Gasteiger partial charge on any atom is -0.383 e. The van der Waals surface area contributed by atoms with Crippen molar-refractivity contribution >= 4 is 22.5 Å². The average Bonchev–Trinajstić information content (AvgIpc) is 2.71. The van der Waals surface area contributed by atoms with E-state index in [1.165, 1.54) is 4.68 Å². The first-order valence-electron chi connectivity index (χ1n) is 6.27. The molecule has 2 N–H and O–H groups in total. The number of carbonyl (C=O) groups excluding carboxylic acids is 1. The molecule has 0 aliphatic carbocycles. The van der Waals surface area contributed by atoms with Gasteiger partial charge in [0, 0.05) is 12.4 Å². The molecule has 0 bridgehead atoms. The molecule has 1 aromatic carbocycles. The van der Waals surface area contributed by atoms with Crippen LogP contribution < -0.4 is 5.73 Å². The first-order chi connectivity index (χ1) is 9.58. The number of carbonyl (C=O) groups is 1. The monoisotopic (exact) mass is 266 g/mol. The van der Waals surface area contributed by atoms with Gasteiger partial charge in [0.2, 0.25) is 5.78 Å². The number of para-hydroxylation sites is 1. The molecule has 0 aliphatic heterocycles. The number of fused-ring (bicyclic) bond motifs is 1. The van der Waals surface area contributed by atoms with E-state index in [-0.39, 0.29) is 5.78 Å². The van der Waals surface area contributed by atoms with Crippen LogP contribution in [0.25, 0.3) is 10.9 Å². The van der Waals surface area contributed by atoms with Gasteiger partial charge in [0.05, 0.1) is 16.8 Å². The summed E-state index contributed by atoms with van der Waals surface area (Å²) in [6.45, 7) is 1.77. The number of nitrogen functional groups attached to an aromatic ring is 1. The van der Waals surface area contributed by atoms with Crippen LogP contribution in [0.4, 0.5) is 5.82 Å². The summed E-state index contributed by atoms with van der Waals surface area (Å²) in [6, 6.07) is 11.3. The number of nitrogens with two attached hydrogens (primary N) is 1. The van der Waals surface area contributed by atoms with Crippen molar-refractivity contribution in [2.75, 3.05) is 5.73 Å². The summed E-state index contributed by atoms with van der Waals surface area (Å²) in [6.07, 6.45) is 0. The van der Waals surface area contributed by atoms with Crippen molar-refractivity contribution in [1.29, 1.82) is 0 Å². The number of hydrogen-bond acceptors (Lipinski definition) is 4. The van der Waals surface area contributed by atoms with Crippen LogP contribution in [0.2, 0.25) is 0 Å². The summed E-state index contributed by atoms with van der Waals surface area (Å²) < 4.78 is 1.50. The molecule has 0 aliphatic rings. The molecule has 0 saturated heterocycles. The molecule has 0 amide bonds. The van der Waals surface area contributed by atoms with E-state index in [0.717, 1.165) is 10.9 Å². The van der Waals surface area contributed by atoms with Crippen LogP contribution in [0.15, 0.2) is 36.4 Å². The van der Waals surface area contributed by atoms with Gasteiger partial charge >= 0.3 is 0 Å². The Labute approximate surface area is 116 Å². The number of pyridine rings is 1. The first-order valence-corrected chi connectivity index (χ1v) is 6.27. The van der Waals surface area contributed by atoms with Gasteiger partial charge in [0.15, 0.2) is 0 Å². The number of rotatable bonds is 2. The fourth-order valence-electron chi connectivity index (χ4n) is 2.28. The van der Waals surface area contributed by atoms with Crippen LogP contribution in [-0.2, 0) is 7.05 Å². The third-order valence-electron chi connectivity index (χ3n) is 3.32. The summed E-state index contributed by atoms with van der Waals surface area (Å²) in [4.78, 5) is 17.0. The van der Waals surface area contributed by atoms with E-state index in [9.17, 15) is 4.79 Å². The predicted octanol–water partition coefficient (Wildman–Crippen LogP) is 2.09. The van der Waals surface area contributed by atoms with Gasteiger partial charge in [0.25, 0.3) is 0 Å². The quantitative estimate of drug-likeness (QED) is 0.721. The molecule has 0 fully saturated rings. The van der Waals surface area contributed by atoms with Gasteiger partial charge in [-0.15, -0.1) is 0 Å². The van der Waals surface area contributed by atoms with Gasteiger partial charge in [-0.3, -0.25) is 9.48 Å². The molecular formula is C15H14N4O. The highest BCUT2D eigenvalue weighted by Crippen LogP contribution is 2.20. The van der Waals surface area contributed by atoms with Crippen molar-refractivity contribution in [1.82, 2.24) is 14.8 Å². The molecule has 3 aromatic rings. The zero-order valence-electron chi connectivity index (χ0n) is 11.3. The largest absolute Gasteiger partial charge is 0.383 e. The van der Waals surface area contributed by atoms with E-state index in [1.54, 1.807) is 20.0 Å². The third-order valence-corrected chi connectivity index (χ3v) is 3.32. The number of nitrogens with zero attached hydrogens (tertiary/aromatic N) is 3. The van der Waals surface area contributed by atoms with Crippen molar-refractivity contribution in [2.24, 2.45) is 7.05 Å². The second kappa shape index (κ2) is 4.45. The fourth-order valence-corrected chi connectivity index (χ4v) is 2.28. The summed E-state index contributed by atoms with van der Waals surface area (Å²) in [5, 5.41) is 5.16. The SMILES string of the molecule is Cc1nn(C)c(N)c1C(=O)c1ccc2ccccc2n1. The third kappa shape index (κ3) is 1.84. The maximum absolute atomic E-state index is 12.5. The summed E-state index contributed by atoms with van der Waals surface area (Å²) in [5.74, 6) is 0.168. The van der Waals surface area contributed by atoms with Crippen molar-refractivity contribution in [2.45, 2.75) is 6.92 Å². The number of aryl methyl sites for hydroxylation is 2. The molecule has 0 spiro atoms. The highest BCUT2D eigenvalue weighted by molar-refractivity contribution is 6.12. The Morgan fingerprint density at radius 1 is 1.20 bits per heavy atom. The Bertz CT molecular complexity index is 820. The van der Waals surface area contributed by atoms with Crippen molar-refractivity contribution in [3.05, 3.63) is 53.3 Å². The molecular weight excluding hydrogens is 252 g/mol. The van der Waals surface area contributed by atoms with Gasteiger partial charge in [-0.25, -0.2) is 4.98 Å². The average molecular weight is 266 g/mol. The zero-order valence-corrected chi connectivity index (χ0v) is 11.3. The Kier molecular flexibility index (Phi) is 2.75. The summed E-state index contributed by atoms with van der Waals surface area (Å²) in [5.41, 5.74) is 8.12. The molecule has 0 radical (unpaired) electrons. The van der Waals surface area contributed by atoms with Crippen LogP contribution in [0, 0.1) is 6.92 Å². The second-order valence-electron chi connectivity index (χ2n) is 4.69. The molecule has 100 valence electrons. The minimum absolute atomic E-state index is 0.196. The lowest BCUT2D eigenvalue weighted by molar-refractivity contribution is 0.103. The summed E-state index contributed by atoms with van der Waals surface area (Å²) >= 11 is 0. The molecule has 0 unspecified atom stereocenters. The Morgan fingerprint density at radius 2 is 1.95 bits per heavy atom. The standard InChI is InChI=1S/C15H14N4O/c1-9-13(15(16)19(2)18-9)14(20)12-8-7-10-5-3-4-6-11(10)17-12/h3-8H,16H2,1-2H3. The van der Waals surface area contributed by atoms with Crippen molar-refractivity contribution in [3.8, 4) is 0 Å². The van der Waals surface area contributed by atoms with E-state index < -0.39 is 0 Å². The van der Waals surface area contributed by atoms with E-state index in [0.29, 0.717) is 22.8 Å². The fraction of sp³-hybridized carbons (Fsp3) is 0.133. The maximum Gasteiger partial charge on any atom is 0.216 e. The maximum atomic E-state index is 12.5.